The van der Waals surface area contributed by atoms with E-state index in [2.05, 4.69) is 18.3 Å². The fraction of sp³-hybridized carbons (Fsp3) is 0.412. The molecule has 6 nitrogen and oxygen atoms in total. The van der Waals surface area contributed by atoms with Crippen molar-refractivity contribution >= 4 is 46.5 Å². The molecule has 3 aromatic carbocycles. The van der Waals surface area contributed by atoms with Crippen LogP contribution in [0.1, 0.15) is 78.9 Å². The Bertz CT molecular complexity index is 1510. The van der Waals surface area contributed by atoms with Gasteiger partial charge in [-0.1, -0.05) is 60.5 Å². The zero-order valence-corrected chi connectivity index (χ0v) is 28.6. The number of esters is 1. The molecule has 2 N–H and O–H groups in total. The number of anilines is 2. The molecule has 43 heavy (non-hydrogen) atoms. The van der Waals surface area contributed by atoms with Crippen LogP contribution in [-0.4, -0.2) is 23.1 Å². The van der Waals surface area contributed by atoms with Crippen molar-refractivity contribution in [2.45, 2.75) is 71.3 Å². The van der Waals surface area contributed by atoms with E-state index in [0.717, 1.165) is 24.8 Å². The van der Waals surface area contributed by atoms with Gasteiger partial charge in [0.1, 0.15) is 11.9 Å². The maximum atomic E-state index is 11.4. The van der Waals surface area contributed by atoms with Crippen molar-refractivity contribution in [2.75, 3.05) is 5.32 Å². The largest absolute Gasteiger partial charge is 1.00 e. The Hall–Kier alpha value is -2.22. The van der Waals surface area contributed by atoms with Gasteiger partial charge in [0.25, 0.3) is 0 Å². The molecule has 3 aliphatic carbocycles. The van der Waals surface area contributed by atoms with Crippen LogP contribution in [0, 0.1) is 24.2 Å². The summed E-state index contributed by atoms with van der Waals surface area (Å²) in [5, 5.41) is 24.6. The van der Waals surface area contributed by atoms with E-state index in [-0.39, 0.29) is 52.6 Å². The Kier molecular flexibility index (Phi) is 10.8. The van der Waals surface area contributed by atoms with Gasteiger partial charge < -0.3 is 25.1 Å². The number of carbonyl (C=O) groups is 2. The summed E-state index contributed by atoms with van der Waals surface area (Å²) in [5.74, 6) is 0.970. The van der Waals surface area contributed by atoms with E-state index in [4.69, 9.17) is 27.9 Å². The summed E-state index contributed by atoms with van der Waals surface area (Å²) in [6.07, 6.45) is 6.89. The Morgan fingerprint density at radius 1 is 1.05 bits per heavy atom. The van der Waals surface area contributed by atoms with Gasteiger partial charge in [0.2, 0.25) is 0 Å². The number of hydrogen-bond acceptors (Lipinski definition) is 6. The molecule has 2 saturated carbocycles. The average molecular weight is 633 g/mol. The van der Waals surface area contributed by atoms with Crippen molar-refractivity contribution < 1.29 is 54.1 Å². The number of hydrogen-bond donors (Lipinski definition) is 2. The molecule has 0 amide bonds. The molecule has 6 rings (SSSR count). The fourth-order valence-electron chi connectivity index (χ4n) is 7.59. The standard InChI is InChI=1S/C20H26O3.C14H11Cl2NO2.Na/c1-12(21)23-19-8-7-18-17-5-3-13-11-14(22)4-6-15(13)16(17)9-10-20(18,19)2;1-8-6-7-10(15)13(12(8)16)17-11-5-3-2-4-9(11)14(18)19;/h4,6,11,16-19,22H,3,5,7-10H2,1-2H3;2-7,17H,1H3,(H,18,19);/q;;+1/p-1. The maximum Gasteiger partial charge on any atom is 1.00 e. The molecular weight excluding hydrogens is 596 g/mol. The second-order valence-corrected chi connectivity index (χ2v) is 12.8. The molecular formula is C34H36Cl2NNaO5. The third-order valence-corrected chi connectivity index (χ3v) is 10.4. The summed E-state index contributed by atoms with van der Waals surface area (Å²) < 4.78 is 5.68. The van der Waals surface area contributed by atoms with Gasteiger partial charge in [0.15, 0.2) is 0 Å². The zero-order valence-electron chi connectivity index (χ0n) is 25.1. The molecule has 5 unspecified atom stereocenters. The molecule has 0 radical (unpaired) electrons. The normalized spacial score (nSPS) is 25.0. The minimum Gasteiger partial charge on any atom is -0.545 e. The SMILES string of the molecule is CC(=O)OC1CCC2C3CCc4cc(O)ccc4C3CCC12C.Cc1ccc(Cl)c(Nc2ccccc2C(=O)[O-])c1Cl.[Na+]. The van der Waals surface area contributed by atoms with Crippen molar-refractivity contribution in [1.29, 1.82) is 0 Å². The summed E-state index contributed by atoms with van der Waals surface area (Å²) >= 11 is 12.2. The number of phenols is 1. The number of phenolic OH excluding ortho intramolecular Hbond substituents is 1. The van der Waals surface area contributed by atoms with E-state index >= 15 is 0 Å². The van der Waals surface area contributed by atoms with Crippen molar-refractivity contribution in [1.82, 2.24) is 0 Å². The molecule has 5 atom stereocenters. The summed E-state index contributed by atoms with van der Waals surface area (Å²) in [5.41, 5.74) is 4.72. The first-order chi connectivity index (χ1) is 20.0. The second kappa shape index (κ2) is 13.8. The van der Waals surface area contributed by atoms with Gasteiger partial charge in [-0.15, -0.1) is 0 Å². The minimum absolute atomic E-state index is 0. The van der Waals surface area contributed by atoms with Crippen molar-refractivity contribution in [3.63, 3.8) is 0 Å². The van der Waals surface area contributed by atoms with Crippen LogP contribution in [0.3, 0.4) is 0 Å². The van der Waals surface area contributed by atoms with E-state index < -0.39 is 5.97 Å². The minimum atomic E-state index is -1.26. The first-order valence-electron chi connectivity index (χ1n) is 14.5. The third kappa shape index (κ3) is 6.89. The predicted molar refractivity (Wildman–Crippen MR) is 164 cm³/mol. The number of aromatic hydroxyl groups is 1. The van der Waals surface area contributed by atoms with Crippen LogP contribution in [0.4, 0.5) is 11.4 Å². The predicted octanol–water partition coefficient (Wildman–Crippen LogP) is 4.59. The molecule has 0 aromatic heterocycles. The summed E-state index contributed by atoms with van der Waals surface area (Å²) in [6.45, 7) is 5.72. The smallest absolute Gasteiger partial charge is 0.545 e. The molecule has 2 fully saturated rings. The summed E-state index contributed by atoms with van der Waals surface area (Å²) in [7, 11) is 0. The second-order valence-electron chi connectivity index (χ2n) is 12.0. The number of benzene rings is 3. The van der Waals surface area contributed by atoms with Crippen LogP contribution >= 0.6 is 23.2 Å². The number of rotatable bonds is 4. The van der Waals surface area contributed by atoms with Crippen LogP contribution in [0.5, 0.6) is 5.75 Å². The number of aryl methyl sites for hydroxylation is 2. The Morgan fingerprint density at radius 2 is 1.79 bits per heavy atom. The number of carboxylic acids is 1. The molecule has 0 heterocycles. The monoisotopic (exact) mass is 631 g/mol. The van der Waals surface area contributed by atoms with Gasteiger partial charge in [0.05, 0.1) is 21.7 Å². The van der Waals surface area contributed by atoms with Gasteiger partial charge in [-0.3, -0.25) is 4.79 Å². The molecule has 0 spiro atoms. The van der Waals surface area contributed by atoms with Gasteiger partial charge in [-0.2, -0.15) is 0 Å². The first-order valence-corrected chi connectivity index (χ1v) is 15.3. The molecule has 0 bridgehead atoms. The number of aromatic carboxylic acids is 1. The molecule has 3 aliphatic rings. The average Bonchev–Trinajstić information content (AvgIpc) is 3.28. The van der Waals surface area contributed by atoms with Gasteiger partial charge in [-0.25, -0.2) is 0 Å². The van der Waals surface area contributed by atoms with E-state index in [9.17, 15) is 19.8 Å². The number of para-hydroxylation sites is 1. The van der Waals surface area contributed by atoms with Crippen LogP contribution < -0.4 is 40.0 Å². The van der Waals surface area contributed by atoms with Crippen LogP contribution in [0.25, 0.3) is 0 Å². The van der Waals surface area contributed by atoms with Crippen LogP contribution in [0.15, 0.2) is 54.6 Å². The first kappa shape index (κ1) is 33.7. The van der Waals surface area contributed by atoms with Crippen molar-refractivity contribution in [2.24, 2.45) is 17.3 Å². The number of ether oxygens (including phenoxy) is 1. The summed E-state index contributed by atoms with van der Waals surface area (Å²) in [6, 6.07) is 15.8. The fourth-order valence-corrected chi connectivity index (χ4v) is 8.06. The van der Waals surface area contributed by atoms with Crippen molar-refractivity contribution in [3.05, 3.63) is 86.9 Å². The Balaban J connectivity index is 0.000000196. The third-order valence-electron chi connectivity index (χ3n) is 9.62. The van der Waals surface area contributed by atoms with Crippen molar-refractivity contribution in [3.8, 4) is 5.75 Å². The Morgan fingerprint density at radius 3 is 2.51 bits per heavy atom. The van der Waals surface area contributed by atoms with Crippen LogP contribution in [-0.2, 0) is 16.0 Å². The number of nitrogens with one attached hydrogen (secondary N) is 1. The van der Waals surface area contributed by atoms with E-state index in [1.54, 1.807) is 30.3 Å². The quantitative estimate of drug-likeness (QED) is 0.323. The number of carbonyl (C=O) groups excluding carboxylic acids is 2. The summed E-state index contributed by atoms with van der Waals surface area (Å²) in [4.78, 5) is 22.5. The van der Waals surface area contributed by atoms with Gasteiger partial charge in [0, 0.05) is 23.6 Å². The molecule has 222 valence electrons. The van der Waals surface area contributed by atoms with Gasteiger partial charge in [-0.05, 0) is 104 Å². The van der Waals surface area contributed by atoms with E-state index in [1.807, 2.05) is 19.1 Å². The number of fused-ring (bicyclic) bond motifs is 5. The van der Waals surface area contributed by atoms with Crippen LogP contribution in [0.2, 0.25) is 10.0 Å². The molecule has 0 saturated heterocycles. The zero-order chi connectivity index (χ0) is 30.2. The topological polar surface area (TPSA) is 98.7 Å². The van der Waals surface area contributed by atoms with Gasteiger partial charge >= 0.3 is 35.5 Å². The maximum absolute atomic E-state index is 11.4. The Labute approximate surface area is 285 Å². The molecule has 9 heteroatoms. The van der Waals surface area contributed by atoms with E-state index in [0.29, 0.717) is 44.9 Å². The van der Waals surface area contributed by atoms with E-state index in [1.165, 1.54) is 43.4 Å². The molecule has 0 aliphatic heterocycles. The number of carboxylic acid groups (broad SMARTS) is 1. The number of halogens is 2. The molecule has 3 aromatic rings.